The average Bonchev–Trinajstić information content (AvgIpc) is 2.60. The number of hydrogen-bond acceptors (Lipinski definition) is 5. The molecule has 0 aliphatic rings. The molecular formula is C18H14ClNO4. The molecule has 0 unspecified atom stereocenters. The molecule has 0 bridgehead atoms. The molecule has 6 heteroatoms. The number of rotatable bonds is 3. The minimum Gasteiger partial charge on any atom is -0.507 e. The molecule has 0 radical (unpaired) electrons. The zero-order valence-electron chi connectivity index (χ0n) is 13.0. The number of aromatic nitrogens is 1. The maximum atomic E-state index is 11.8. The zero-order valence-corrected chi connectivity index (χ0v) is 13.8. The second kappa shape index (κ2) is 6.37. The number of methoxy groups -OCH3 is 2. The van der Waals surface area contributed by atoms with Gasteiger partial charge in [-0.1, -0.05) is 23.7 Å². The first-order valence-corrected chi connectivity index (χ1v) is 7.48. The van der Waals surface area contributed by atoms with E-state index in [1.165, 1.54) is 20.3 Å². The third kappa shape index (κ3) is 2.74. The number of nitrogens with zero attached hydrogens (tertiary/aromatic N) is 1. The van der Waals surface area contributed by atoms with Gasteiger partial charge in [-0.3, -0.25) is 0 Å². The number of aromatic hydroxyl groups is 1. The van der Waals surface area contributed by atoms with Crippen molar-refractivity contribution in [3.05, 3.63) is 53.2 Å². The number of fused-ring (bicyclic) bond motifs is 1. The summed E-state index contributed by atoms with van der Waals surface area (Å²) in [7, 11) is 2.76. The maximum Gasteiger partial charge on any atom is 0.356 e. The van der Waals surface area contributed by atoms with Gasteiger partial charge in [0.15, 0.2) is 5.69 Å². The van der Waals surface area contributed by atoms with Crippen LogP contribution in [0, 0.1) is 0 Å². The summed E-state index contributed by atoms with van der Waals surface area (Å²) in [5.41, 5.74) is 2.00. The largest absolute Gasteiger partial charge is 0.507 e. The highest BCUT2D eigenvalue weighted by Crippen LogP contribution is 2.39. The number of ether oxygens (including phenoxy) is 2. The molecule has 0 saturated carbocycles. The fraction of sp³-hybridized carbons (Fsp3) is 0.111. The molecule has 0 fully saturated rings. The summed E-state index contributed by atoms with van der Waals surface area (Å²) >= 11 is 5.93. The van der Waals surface area contributed by atoms with Gasteiger partial charge in [-0.15, -0.1) is 0 Å². The van der Waals surface area contributed by atoms with E-state index in [0.29, 0.717) is 21.7 Å². The third-order valence-corrected chi connectivity index (χ3v) is 3.92. The highest BCUT2D eigenvalue weighted by molar-refractivity contribution is 6.30. The second-order valence-corrected chi connectivity index (χ2v) is 5.50. The van der Waals surface area contributed by atoms with Crippen molar-refractivity contribution < 1.29 is 19.4 Å². The predicted octanol–water partition coefficient (Wildman–Crippen LogP) is 4.06. The van der Waals surface area contributed by atoms with Crippen LogP contribution in [0.5, 0.6) is 11.5 Å². The van der Waals surface area contributed by atoms with Gasteiger partial charge in [-0.25, -0.2) is 9.78 Å². The topological polar surface area (TPSA) is 68.7 Å². The molecule has 122 valence electrons. The summed E-state index contributed by atoms with van der Waals surface area (Å²) in [6.45, 7) is 0. The van der Waals surface area contributed by atoms with E-state index >= 15 is 0 Å². The summed E-state index contributed by atoms with van der Waals surface area (Å²) in [5, 5.41) is 11.6. The first kappa shape index (κ1) is 16.1. The normalized spacial score (nSPS) is 10.6. The predicted molar refractivity (Wildman–Crippen MR) is 91.7 cm³/mol. The Balaban J connectivity index is 2.33. The van der Waals surface area contributed by atoms with Gasteiger partial charge in [0.1, 0.15) is 17.0 Å². The van der Waals surface area contributed by atoms with Crippen LogP contribution in [-0.2, 0) is 4.74 Å². The lowest BCUT2D eigenvalue weighted by molar-refractivity contribution is 0.0594. The van der Waals surface area contributed by atoms with Gasteiger partial charge in [-0.2, -0.15) is 0 Å². The summed E-state index contributed by atoms with van der Waals surface area (Å²) in [5.74, 6) is -0.265. The number of carbonyl (C=O) groups is 1. The number of benzene rings is 2. The van der Waals surface area contributed by atoms with Crippen molar-refractivity contribution in [1.29, 1.82) is 0 Å². The number of pyridine rings is 1. The molecule has 0 aliphatic carbocycles. The van der Waals surface area contributed by atoms with E-state index in [1.807, 2.05) is 18.2 Å². The van der Waals surface area contributed by atoms with Gasteiger partial charge in [0.05, 0.1) is 19.6 Å². The molecule has 3 aromatic rings. The van der Waals surface area contributed by atoms with Crippen LogP contribution in [0.3, 0.4) is 0 Å². The molecule has 0 atom stereocenters. The van der Waals surface area contributed by atoms with E-state index in [4.69, 9.17) is 16.3 Å². The Kier molecular flexibility index (Phi) is 4.27. The summed E-state index contributed by atoms with van der Waals surface area (Å²) in [6, 6.07) is 12.1. The minimum atomic E-state index is -0.633. The van der Waals surface area contributed by atoms with Gasteiger partial charge in [0, 0.05) is 11.1 Å². The van der Waals surface area contributed by atoms with Crippen molar-refractivity contribution in [2.24, 2.45) is 0 Å². The van der Waals surface area contributed by atoms with Crippen LogP contribution >= 0.6 is 11.6 Å². The van der Waals surface area contributed by atoms with E-state index in [2.05, 4.69) is 9.72 Å². The van der Waals surface area contributed by atoms with E-state index in [9.17, 15) is 9.90 Å². The Labute approximate surface area is 143 Å². The lowest BCUT2D eigenvalue weighted by Crippen LogP contribution is -2.05. The Morgan fingerprint density at radius 2 is 1.83 bits per heavy atom. The fourth-order valence-electron chi connectivity index (χ4n) is 2.54. The Hall–Kier alpha value is -2.79. The summed E-state index contributed by atoms with van der Waals surface area (Å²) in [4.78, 5) is 16.0. The molecule has 3 rings (SSSR count). The Morgan fingerprint density at radius 3 is 2.46 bits per heavy atom. The van der Waals surface area contributed by atoms with Crippen LogP contribution in [0.1, 0.15) is 10.5 Å². The van der Waals surface area contributed by atoms with Crippen molar-refractivity contribution in [3.63, 3.8) is 0 Å². The fourth-order valence-corrected chi connectivity index (χ4v) is 2.67. The molecule has 2 aromatic carbocycles. The quantitative estimate of drug-likeness (QED) is 0.726. The molecule has 0 amide bonds. The number of esters is 1. The Bertz CT molecular complexity index is 922. The van der Waals surface area contributed by atoms with Gasteiger partial charge >= 0.3 is 5.97 Å². The van der Waals surface area contributed by atoms with Crippen molar-refractivity contribution in [2.75, 3.05) is 14.2 Å². The first-order chi connectivity index (χ1) is 11.5. The average molecular weight is 344 g/mol. The van der Waals surface area contributed by atoms with Crippen molar-refractivity contribution >= 4 is 28.5 Å². The molecule has 1 heterocycles. The molecule has 1 aromatic heterocycles. The molecule has 24 heavy (non-hydrogen) atoms. The van der Waals surface area contributed by atoms with E-state index < -0.39 is 5.97 Å². The lowest BCUT2D eigenvalue weighted by atomic mass is 9.99. The van der Waals surface area contributed by atoms with Gasteiger partial charge in [0.25, 0.3) is 0 Å². The molecule has 0 spiro atoms. The standard InChI is InChI=1S/C18H14ClNO4/c1-23-15-8-7-12(10-3-5-11(19)6-4-10)16-14(21)9-13(18(22)24-2)20-17(15)16/h3-9H,1-2H3,(H,20,21). The third-order valence-electron chi connectivity index (χ3n) is 3.67. The van der Waals surface area contributed by atoms with Gasteiger partial charge in [-0.05, 0) is 35.4 Å². The number of carbonyl (C=O) groups excluding carboxylic acids is 1. The highest BCUT2D eigenvalue weighted by Gasteiger charge is 2.18. The molecular weight excluding hydrogens is 330 g/mol. The van der Waals surface area contributed by atoms with Crippen LogP contribution in [0.15, 0.2) is 42.5 Å². The number of halogens is 1. The van der Waals surface area contributed by atoms with Crippen molar-refractivity contribution in [3.8, 4) is 22.6 Å². The SMILES string of the molecule is COC(=O)c1cc(O)c2c(-c3ccc(Cl)cc3)ccc(OC)c2n1. The number of hydrogen-bond donors (Lipinski definition) is 1. The first-order valence-electron chi connectivity index (χ1n) is 7.10. The van der Waals surface area contributed by atoms with E-state index in [0.717, 1.165) is 11.1 Å². The van der Waals surface area contributed by atoms with Crippen LogP contribution in [0.2, 0.25) is 5.02 Å². The van der Waals surface area contributed by atoms with E-state index in [1.54, 1.807) is 18.2 Å². The lowest BCUT2D eigenvalue weighted by Gasteiger charge is -2.13. The summed E-state index contributed by atoms with van der Waals surface area (Å²) < 4.78 is 9.99. The minimum absolute atomic E-state index is 0.00839. The maximum absolute atomic E-state index is 11.8. The second-order valence-electron chi connectivity index (χ2n) is 5.06. The molecule has 1 N–H and O–H groups in total. The van der Waals surface area contributed by atoms with Crippen LogP contribution < -0.4 is 4.74 Å². The molecule has 0 saturated heterocycles. The van der Waals surface area contributed by atoms with Crippen LogP contribution in [0.4, 0.5) is 0 Å². The molecule has 5 nitrogen and oxygen atoms in total. The van der Waals surface area contributed by atoms with Crippen LogP contribution in [-0.4, -0.2) is 30.3 Å². The summed E-state index contributed by atoms with van der Waals surface area (Å²) in [6.07, 6.45) is 0. The van der Waals surface area contributed by atoms with Crippen LogP contribution in [0.25, 0.3) is 22.0 Å². The Morgan fingerprint density at radius 1 is 1.12 bits per heavy atom. The zero-order chi connectivity index (χ0) is 17.3. The smallest absolute Gasteiger partial charge is 0.356 e. The van der Waals surface area contributed by atoms with Gasteiger partial charge in [0.2, 0.25) is 0 Å². The van der Waals surface area contributed by atoms with Crippen molar-refractivity contribution in [1.82, 2.24) is 4.98 Å². The van der Waals surface area contributed by atoms with Crippen molar-refractivity contribution in [2.45, 2.75) is 0 Å². The van der Waals surface area contributed by atoms with Gasteiger partial charge < -0.3 is 14.6 Å². The highest BCUT2D eigenvalue weighted by atomic mass is 35.5. The van der Waals surface area contributed by atoms with E-state index in [-0.39, 0.29) is 11.4 Å². The molecule has 0 aliphatic heterocycles. The monoisotopic (exact) mass is 343 g/mol.